The molecule has 0 spiro atoms. The van der Waals surface area contributed by atoms with Crippen LogP contribution >= 0.6 is 0 Å². The molecule has 0 radical (unpaired) electrons. The van der Waals surface area contributed by atoms with Gasteiger partial charge < -0.3 is 4.74 Å². The molecule has 0 saturated heterocycles. The third-order valence-corrected chi connectivity index (χ3v) is 1.34. The van der Waals surface area contributed by atoms with Crippen LogP contribution in [-0.2, 0) is 4.74 Å². The lowest BCUT2D eigenvalue weighted by Gasteiger charge is -2.06. The summed E-state index contributed by atoms with van der Waals surface area (Å²) in [6.07, 6.45) is 6.76. The molecule has 0 rings (SSSR count). The minimum Gasteiger partial charge on any atom is -0.374 e. The van der Waals surface area contributed by atoms with Gasteiger partial charge in [-0.1, -0.05) is 25.5 Å². The molecule has 0 aromatic rings. The lowest BCUT2D eigenvalue weighted by molar-refractivity contribution is 0.0949. The van der Waals surface area contributed by atoms with Crippen LogP contribution in [0.2, 0.25) is 0 Å². The standard InChI is InChI=1S/C9H18O/c1-4-6-8-10-9(3)7-5-2/h5,7,9H,4,6,8H2,1-3H3. The van der Waals surface area contributed by atoms with Crippen molar-refractivity contribution in [2.24, 2.45) is 0 Å². The number of ether oxygens (including phenoxy) is 1. The fraction of sp³-hybridized carbons (Fsp3) is 0.778. The summed E-state index contributed by atoms with van der Waals surface area (Å²) in [7, 11) is 0. The van der Waals surface area contributed by atoms with Crippen LogP contribution in [0.5, 0.6) is 0 Å². The maximum absolute atomic E-state index is 5.44. The predicted molar refractivity (Wildman–Crippen MR) is 45.1 cm³/mol. The zero-order valence-electron chi connectivity index (χ0n) is 7.26. The van der Waals surface area contributed by atoms with E-state index in [1.54, 1.807) is 0 Å². The monoisotopic (exact) mass is 142 g/mol. The Morgan fingerprint density at radius 1 is 1.50 bits per heavy atom. The second-order valence-corrected chi connectivity index (χ2v) is 2.46. The molecule has 0 saturated carbocycles. The molecule has 0 fully saturated rings. The minimum absolute atomic E-state index is 0.288. The van der Waals surface area contributed by atoms with E-state index in [-0.39, 0.29) is 6.10 Å². The molecule has 0 aromatic heterocycles. The molecular weight excluding hydrogens is 124 g/mol. The summed E-state index contributed by atoms with van der Waals surface area (Å²) in [5.41, 5.74) is 0. The van der Waals surface area contributed by atoms with E-state index in [0.29, 0.717) is 0 Å². The first-order chi connectivity index (χ1) is 4.81. The van der Waals surface area contributed by atoms with Gasteiger partial charge in [0, 0.05) is 6.61 Å². The maximum Gasteiger partial charge on any atom is 0.0727 e. The Balaban J connectivity index is 3.13. The van der Waals surface area contributed by atoms with E-state index in [2.05, 4.69) is 19.9 Å². The molecule has 0 aliphatic carbocycles. The molecule has 0 N–H and O–H groups in total. The maximum atomic E-state index is 5.44. The molecule has 1 unspecified atom stereocenters. The van der Waals surface area contributed by atoms with Crippen LogP contribution in [0.1, 0.15) is 33.6 Å². The van der Waals surface area contributed by atoms with Crippen molar-refractivity contribution >= 4 is 0 Å². The van der Waals surface area contributed by atoms with Crippen molar-refractivity contribution in [2.75, 3.05) is 6.61 Å². The molecule has 60 valence electrons. The third-order valence-electron chi connectivity index (χ3n) is 1.34. The SMILES string of the molecule is CC=CC(C)OCCCC. The van der Waals surface area contributed by atoms with E-state index in [9.17, 15) is 0 Å². The van der Waals surface area contributed by atoms with Crippen molar-refractivity contribution in [1.82, 2.24) is 0 Å². The second-order valence-electron chi connectivity index (χ2n) is 2.46. The van der Waals surface area contributed by atoms with Gasteiger partial charge in [-0.05, 0) is 20.3 Å². The third kappa shape index (κ3) is 5.83. The number of hydrogen-bond donors (Lipinski definition) is 0. The molecule has 1 heteroatoms. The molecule has 1 atom stereocenters. The summed E-state index contributed by atoms with van der Waals surface area (Å²) in [6, 6.07) is 0. The molecule has 0 heterocycles. The zero-order chi connectivity index (χ0) is 7.82. The van der Waals surface area contributed by atoms with E-state index in [1.165, 1.54) is 12.8 Å². The van der Waals surface area contributed by atoms with Crippen LogP contribution in [-0.4, -0.2) is 12.7 Å². The van der Waals surface area contributed by atoms with Gasteiger partial charge in [-0.2, -0.15) is 0 Å². The summed E-state index contributed by atoms with van der Waals surface area (Å²) in [5.74, 6) is 0. The van der Waals surface area contributed by atoms with Crippen LogP contribution < -0.4 is 0 Å². The van der Waals surface area contributed by atoms with Crippen molar-refractivity contribution in [3.8, 4) is 0 Å². The van der Waals surface area contributed by atoms with Gasteiger partial charge in [-0.25, -0.2) is 0 Å². The number of rotatable bonds is 5. The Kier molecular flexibility index (Phi) is 6.61. The largest absolute Gasteiger partial charge is 0.374 e. The van der Waals surface area contributed by atoms with Crippen LogP contribution in [0, 0.1) is 0 Å². The smallest absolute Gasteiger partial charge is 0.0727 e. The highest BCUT2D eigenvalue weighted by Crippen LogP contribution is 1.95. The Morgan fingerprint density at radius 3 is 2.70 bits per heavy atom. The van der Waals surface area contributed by atoms with Gasteiger partial charge in [0.05, 0.1) is 6.10 Å². The summed E-state index contributed by atoms with van der Waals surface area (Å²) >= 11 is 0. The predicted octanol–water partition coefficient (Wildman–Crippen LogP) is 2.77. The first-order valence-electron chi connectivity index (χ1n) is 4.05. The molecule has 0 aromatic carbocycles. The van der Waals surface area contributed by atoms with Crippen molar-refractivity contribution in [3.05, 3.63) is 12.2 Å². The Hall–Kier alpha value is -0.300. The first kappa shape index (κ1) is 9.70. The van der Waals surface area contributed by atoms with Crippen LogP contribution in [0.25, 0.3) is 0 Å². The average molecular weight is 142 g/mol. The van der Waals surface area contributed by atoms with Crippen LogP contribution in [0.15, 0.2) is 12.2 Å². The van der Waals surface area contributed by atoms with Crippen LogP contribution in [0.3, 0.4) is 0 Å². The fourth-order valence-electron chi connectivity index (χ4n) is 0.740. The van der Waals surface area contributed by atoms with Crippen LogP contribution in [0.4, 0.5) is 0 Å². The van der Waals surface area contributed by atoms with E-state index < -0.39 is 0 Å². The Bertz CT molecular complexity index is 86.7. The normalized spacial score (nSPS) is 14.3. The molecule has 0 aliphatic rings. The molecule has 0 amide bonds. The van der Waals surface area contributed by atoms with Gasteiger partial charge in [0.15, 0.2) is 0 Å². The van der Waals surface area contributed by atoms with Crippen molar-refractivity contribution in [3.63, 3.8) is 0 Å². The summed E-state index contributed by atoms with van der Waals surface area (Å²) in [6.45, 7) is 7.14. The Labute approximate surface area is 64.1 Å². The van der Waals surface area contributed by atoms with Gasteiger partial charge >= 0.3 is 0 Å². The topological polar surface area (TPSA) is 9.23 Å². The highest BCUT2D eigenvalue weighted by Gasteiger charge is 1.92. The molecule has 0 bridgehead atoms. The van der Waals surface area contributed by atoms with Crippen molar-refractivity contribution in [2.45, 2.75) is 39.7 Å². The quantitative estimate of drug-likeness (QED) is 0.423. The second kappa shape index (κ2) is 6.81. The van der Waals surface area contributed by atoms with Gasteiger partial charge in [0.25, 0.3) is 0 Å². The van der Waals surface area contributed by atoms with E-state index >= 15 is 0 Å². The van der Waals surface area contributed by atoms with E-state index in [1.807, 2.05) is 13.0 Å². The molecule has 0 aliphatic heterocycles. The number of allylic oxidation sites excluding steroid dienone is 1. The summed E-state index contributed by atoms with van der Waals surface area (Å²) in [4.78, 5) is 0. The lowest BCUT2D eigenvalue weighted by atomic mass is 10.3. The average Bonchev–Trinajstić information content (AvgIpc) is 1.89. The molecule has 1 nitrogen and oxygen atoms in total. The van der Waals surface area contributed by atoms with Gasteiger partial charge in [-0.15, -0.1) is 0 Å². The number of unbranched alkanes of at least 4 members (excludes halogenated alkanes) is 1. The lowest BCUT2D eigenvalue weighted by Crippen LogP contribution is -2.05. The molecule has 10 heavy (non-hydrogen) atoms. The number of hydrogen-bond acceptors (Lipinski definition) is 1. The van der Waals surface area contributed by atoms with Crippen molar-refractivity contribution < 1.29 is 4.74 Å². The summed E-state index contributed by atoms with van der Waals surface area (Å²) in [5, 5.41) is 0. The zero-order valence-corrected chi connectivity index (χ0v) is 7.26. The highest BCUT2D eigenvalue weighted by molar-refractivity contribution is 4.83. The Morgan fingerprint density at radius 2 is 2.20 bits per heavy atom. The van der Waals surface area contributed by atoms with E-state index in [0.717, 1.165) is 6.61 Å². The summed E-state index contributed by atoms with van der Waals surface area (Å²) < 4.78 is 5.44. The van der Waals surface area contributed by atoms with Gasteiger partial charge in [0.2, 0.25) is 0 Å². The first-order valence-corrected chi connectivity index (χ1v) is 4.05. The molecular formula is C9H18O. The fourth-order valence-corrected chi connectivity index (χ4v) is 0.740. The highest BCUT2D eigenvalue weighted by atomic mass is 16.5. The van der Waals surface area contributed by atoms with Crippen molar-refractivity contribution in [1.29, 1.82) is 0 Å². The van der Waals surface area contributed by atoms with Gasteiger partial charge in [-0.3, -0.25) is 0 Å². The van der Waals surface area contributed by atoms with Gasteiger partial charge in [0.1, 0.15) is 0 Å². The van der Waals surface area contributed by atoms with E-state index in [4.69, 9.17) is 4.74 Å². The minimum atomic E-state index is 0.288.